The maximum absolute atomic E-state index is 13.0. The van der Waals surface area contributed by atoms with Gasteiger partial charge in [0, 0.05) is 24.8 Å². The number of nitrogens with zero attached hydrogens (tertiary/aromatic N) is 1. The molecule has 0 aromatic heterocycles. The maximum atomic E-state index is 13.0. The summed E-state index contributed by atoms with van der Waals surface area (Å²) in [6, 6.07) is 14.1. The lowest BCUT2D eigenvalue weighted by molar-refractivity contribution is 0.612. The second-order valence-corrected chi connectivity index (χ2v) is 5.94. The first-order valence-electron chi connectivity index (χ1n) is 7.67. The molecule has 2 aliphatic rings. The molecule has 1 saturated heterocycles. The topological polar surface area (TPSA) is 15.3 Å². The van der Waals surface area contributed by atoms with Gasteiger partial charge >= 0.3 is 0 Å². The molecule has 2 aromatic rings. The number of rotatable bonds is 1. The van der Waals surface area contributed by atoms with Crippen molar-refractivity contribution in [3.05, 3.63) is 53.8 Å². The second kappa shape index (κ2) is 5.15. The SMILES string of the molecule is Fc1ccc(-c2ccc3c(c2)CC2CCNCCN32)cc1. The van der Waals surface area contributed by atoms with Crippen LogP contribution >= 0.6 is 0 Å². The van der Waals surface area contributed by atoms with Crippen LogP contribution in [-0.4, -0.2) is 25.7 Å². The molecule has 1 unspecified atom stereocenters. The molecule has 0 radical (unpaired) electrons. The van der Waals surface area contributed by atoms with Crippen molar-refractivity contribution in [2.24, 2.45) is 0 Å². The molecular weight excluding hydrogens is 263 g/mol. The van der Waals surface area contributed by atoms with E-state index in [2.05, 4.69) is 28.4 Å². The molecule has 108 valence electrons. The highest BCUT2D eigenvalue weighted by molar-refractivity contribution is 5.71. The molecule has 0 saturated carbocycles. The van der Waals surface area contributed by atoms with Gasteiger partial charge in [-0.25, -0.2) is 4.39 Å². The third-order valence-corrected chi connectivity index (χ3v) is 4.65. The van der Waals surface area contributed by atoms with Crippen molar-refractivity contribution < 1.29 is 4.39 Å². The summed E-state index contributed by atoms with van der Waals surface area (Å²) < 4.78 is 13.0. The minimum atomic E-state index is -0.180. The van der Waals surface area contributed by atoms with Crippen LogP contribution in [0, 0.1) is 5.82 Å². The van der Waals surface area contributed by atoms with Crippen molar-refractivity contribution in [1.29, 1.82) is 0 Å². The lowest BCUT2D eigenvalue weighted by Crippen LogP contribution is -2.32. The van der Waals surface area contributed by atoms with Crippen LogP contribution in [-0.2, 0) is 6.42 Å². The van der Waals surface area contributed by atoms with Crippen molar-refractivity contribution in [2.45, 2.75) is 18.9 Å². The molecule has 21 heavy (non-hydrogen) atoms. The first-order chi connectivity index (χ1) is 10.3. The Morgan fingerprint density at radius 2 is 1.81 bits per heavy atom. The molecule has 1 fully saturated rings. The van der Waals surface area contributed by atoms with Crippen LogP contribution in [0.25, 0.3) is 11.1 Å². The van der Waals surface area contributed by atoms with Crippen molar-refractivity contribution in [3.63, 3.8) is 0 Å². The fourth-order valence-electron chi connectivity index (χ4n) is 3.57. The predicted molar refractivity (Wildman–Crippen MR) is 84.2 cm³/mol. The Kier molecular flexibility index (Phi) is 3.15. The van der Waals surface area contributed by atoms with Gasteiger partial charge in [0.2, 0.25) is 0 Å². The molecule has 4 rings (SSSR count). The molecule has 2 nitrogen and oxygen atoms in total. The van der Waals surface area contributed by atoms with Crippen LogP contribution in [0.1, 0.15) is 12.0 Å². The van der Waals surface area contributed by atoms with E-state index >= 15 is 0 Å². The van der Waals surface area contributed by atoms with Crippen LogP contribution in [0.5, 0.6) is 0 Å². The smallest absolute Gasteiger partial charge is 0.123 e. The normalized spacial score (nSPS) is 20.8. The fraction of sp³-hybridized carbons (Fsp3) is 0.333. The third kappa shape index (κ3) is 2.32. The lowest BCUT2D eigenvalue weighted by Gasteiger charge is -2.24. The van der Waals surface area contributed by atoms with E-state index in [0.717, 1.165) is 31.6 Å². The Labute approximate surface area is 124 Å². The molecule has 0 spiro atoms. The van der Waals surface area contributed by atoms with Gasteiger partial charge in [-0.3, -0.25) is 0 Å². The number of hydrogen-bond donors (Lipinski definition) is 1. The summed E-state index contributed by atoms with van der Waals surface area (Å²) in [5, 5.41) is 3.47. The average Bonchev–Trinajstić information content (AvgIpc) is 2.68. The minimum absolute atomic E-state index is 0.180. The summed E-state index contributed by atoms with van der Waals surface area (Å²) in [5.41, 5.74) is 5.09. The lowest BCUT2D eigenvalue weighted by atomic mass is 10.0. The van der Waals surface area contributed by atoms with Gasteiger partial charge in [-0.15, -0.1) is 0 Å². The number of fused-ring (bicyclic) bond motifs is 3. The predicted octanol–water partition coefficient (Wildman–Crippen LogP) is 3.22. The van der Waals surface area contributed by atoms with Gasteiger partial charge in [-0.1, -0.05) is 18.2 Å². The summed E-state index contributed by atoms with van der Waals surface area (Å²) in [6.45, 7) is 3.27. The number of hydrogen-bond acceptors (Lipinski definition) is 2. The van der Waals surface area contributed by atoms with Crippen molar-refractivity contribution in [1.82, 2.24) is 5.32 Å². The average molecular weight is 282 g/mol. The third-order valence-electron chi connectivity index (χ3n) is 4.65. The van der Waals surface area contributed by atoms with Crippen molar-refractivity contribution >= 4 is 5.69 Å². The summed E-state index contributed by atoms with van der Waals surface area (Å²) in [5.74, 6) is -0.180. The van der Waals surface area contributed by atoms with Crippen LogP contribution in [0.2, 0.25) is 0 Å². The molecule has 1 N–H and O–H groups in total. The van der Waals surface area contributed by atoms with Gasteiger partial charge in [0.1, 0.15) is 5.82 Å². The van der Waals surface area contributed by atoms with Crippen LogP contribution < -0.4 is 10.2 Å². The van der Waals surface area contributed by atoms with E-state index in [-0.39, 0.29) is 5.82 Å². The number of benzene rings is 2. The standard InChI is InChI=1S/C18H19FN2/c19-16-4-1-13(2-5-16)14-3-6-18-15(11-14)12-17-7-8-20-9-10-21(17)18/h1-6,11,17,20H,7-10,12H2. The van der Waals surface area contributed by atoms with E-state index in [1.165, 1.54) is 35.4 Å². The Bertz CT molecular complexity index is 651. The quantitative estimate of drug-likeness (QED) is 0.864. The van der Waals surface area contributed by atoms with Gasteiger partial charge < -0.3 is 10.2 Å². The molecule has 2 heterocycles. The molecule has 2 aliphatic heterocycles. The number of halogens is 1. The van der Waals surface area contributed by atoms with Crippen LogP contribution in [0.4, 0.5) is 10.1 Å². The second-order valence-electron chi connectivity index (χ2n) is 5.94. The first-order valence-corrected chi connectivity index (χ1v) is 7.67. The van der Waals surface area contributed by atoms with Gasteiger partial charge in [-0.05, 0) is 60.3 Å². The van der Waals surface area contributed by atoms with Gasteiger partial charge in [0.05, 0.1) is 0 Å². The maximum Gasteiger partial charge on any atom is 0.123 e. The van der Waals surface area contributed by atoms with Crippen LogP contribution in [0.15, 0.2) is 42.5 Å². The summed E-state index contributed by atoms with van der Waals surface area (Å²) >= 11 is 0. The molecule has 3 heteroatoms. The van der Waals surface area contributed by atoms with Crippen molar-refractivity contribution in [2.75, 3.05) is 24.5 Å². The largest absolute Gasteiger partial charge is 0.367 e. The van der Waals surface area contributed by atoms with Gasteiger partial charge in [0.15, 0.2) is 0 Å². The summed E-state index contributed by atoms with van der Waals surface area (Å²) in [6.07, 6.45) is 2.34. The molecule has 0 aliphatic carbocycles. The highest BCUT2D eigenvalue weighted by Gasteiger charge is 2.29. The van der Waals surface area contributed by atoms with E-state index in [0.29, 0.717) is 6.04 Å². The monoisotopic (exact) mass is 282 g/mol. The Balaban J connectivity index is 1.68. The highest BCUT2D eigenvalue weighted by Crippen LogP contribution is 2.36. The summed E-state index contributed by atoms with van der Waals surface area (Å²) in [7, 11) is 0. The summed E-state index contributed by atoms with van der Waals surface area (Å²) in [4.78, 5) is 2.55. The Hall–Kier alpha value is -1.87. The van der Waals surface area contributed by atoms with E-state index in [4.69, 9.17) is 0 Å². The zero-order valence-corrected chi connectivity index (χ0v) is 12.0. The molecule has 0 bridgehead atoms. The first kappa shape index (κ1) is 12.8. The van der Waals surface area contributed by atoms with E-state index in [9.17, 15) is 4.39 Å². The number of nitrogens with one attached hydrogen (secondary N) is 1. The highest BCUT2D eigenvalue weighted by atomic mass is 19.1. The van der Waals surface area contributed by atoms with E-state index < -0.39 is 0 Å². The zero-order valence-electron chi connectivity index (χ0n) is 12.0. The zero-order chi connectivity index (χ0) is 14.2. The van der Waals surface area contributed by atoms with E-state index in [1.54, 1.807) is 0 Å². The number of anilines is 1. The van der Waals surface area contributed by atoms with E-state index in [1.807, 2.05) is 12.1 Å². The Morgan fingerprint density at radius 3 is 2.67 bits per heavy atom. The Morgan fingerprint density at radius 1 is 1.00 bits per heavy atom. The molecule has 0 amide bonds. The molecule has 1 atom stereocenters. The fourth-order valence-corrected chi connectivity index (χ4v) is 3.57. The van der Waals surface area contributed by atoms with Gasteiger partial charge in [0.25, 0.3) is 0 Å². The molecular formula is C18H19FN2. The van der Waals surface area contributed by atoms with Crippen LogP contribution in [0.3, 0.4) is 0 Å². The van der Waals surface area contributed by atoms with Crippen molar-refractivity contribution in [3.8, 4) is 11.1 Å². The van der Waals surface area contributed by atoms with Gasteiger partial charge in [-0.2, -0.15) is 0 Å². The molecule has 2 aromatic carbocycles. The minimum Gasteiger partial charge on any atom is -0.367 e.